The molecule has 2 heterocycles. The lowest BCUT2D eigenvalue weighted by Gasteiger charge is -2.06. The smallest absolute Gasteiger partial charge is 0.109 e. The molecule has 15 heavy (non-hydrogen) atoms. The van der Waals surface area contributed by atoms with E-state index in [9.17, 15) is 0 Å². The maximum Gasteiger partial charge on any atom is 0.109 e. The van der Waals surface area contributed by atoms with Gasteiger partial charge in [-0.15, -0.1) is 0 Å². The number of hydrogen-bond acceptors (Lipinski definition) is 3. The topological polar surface area (TPSA) is 56.7 Å². The summed E-state index contributed by atoms with van der Waals surface area (Å²) < 4.78 is 2.30. The Morgan fingerprint density at radius 1 is 1.47 bits per heavy atom. The molecule has 2 aromatic heterocycles. The molecular formula is C11H14N4. The van der Waals surface area contributed by atoms with Crippen LogP contribution in [-0.4, -0.2) is 14.5 Å². The van der Waals surface area contributed by atoms with E-state index >= 15 is 0 Å². The molecule has 0 radical (unpaired) electrons. The van der Waals surface area contributed by atoms with Gasteiger partial charge in [0.05, 0.1) is 23.6 Å². The van der Waals surface area contributed by atoms with Crippen LogP contribution in [0.2, 0.25) is 0 Å². The summed E-state index contributed by atoms with van der Waals surface area (Å²) in [6, 6.07) is 0.620. The maximum absolute atomic E-state index is 5.97. The molecule has 1 aliphatic carbocycles. The minimum absolute atomic E-state index is 0.620. The number of hydrogen-bond donors (Lipinski definition) is 1. The molecular weight excluding hydrogens is 188 g/mol. The highest BCUT2D eigenvalue weighted by molar-refractivity contribution is 5.86. The fraction of sp³-hybridized carbons (Fsp3) is 0.455. The predicted octanol–water partition coefficient (Wildman–Crippen LogP) is 1.91. The first-order valence-corrected chi connectivity index (χ1v) is 5.41. The maximum atomic E-state index is 5.97. The lowest BCUT2D eigenvalue weighted by Crippen LogP contribution is -2.01. The summed E-state index contributed by atoms with van der Waals surface area (Å²) in [5.41, 5.74) is 8.71. The van der Waals surface area contributed by atoms with E-state index in [1.807, 2.05) is 0 Å². The molecule has 0 bridgehead atoms. The number of anilines is 1. The van der Waals surface area contributed by atoms with Crippen molar-refractivity contribution in [3.8, 4) is 0 Å². The lowest BCUT2D eigenvalue weighted by atomic mass is 10.3. The summed E-state index contributed by atoms with van der Waals surface area (Å²) in [5, 5.41) is 0. The molecule has 1 aliphatic rings. The lowest BCUT2D eigenvalue weighted by molar-refractivity contribution is 0.709. The third kappa shape index (κ3) is 1.21. The highest BCUT2D eigenvalue weighted by Crippen LogP contribution is 2.39. The number of nitrogens with two attached hydrogens (primary N) is 1. The van der Waals surface area contributed by atoms with E-state index in [0.717, 1.165) is 29.0 Å². The zero-order valence-electron chi connectivity index (χ0n) is 8.77. The fourth-order valence-corrected chi connectivity index (χ4v) is 2.10. The van der Waals surface area contributed by atoms with Gasteiger partial charge >= 0.3 is 0 Å². The molecule has 1 saturated carbocycles. The van der Waals surface area contributed by atoms with E-state index in [1.165, 1.54) is 12.8 Å². The molecule has 1 fully saturated rings. The van der Waals surface area contributed by atoms with Crippen molar-refractivity contribution in [2.75, 3.05) is 5.73 Å². The molecule has 0 amide bonds. The second kappa shape index (κ2) is 2.95. The van der Waals surface area contributed by atoms with Crippen molar-refractivity contribution in [3.63, 3.8) is 0 Å². The van der Waals surface area contributed by atoms with E-state index in [2.05, 4.69) is 21.5 Å². The van der Waals surface area contributed by atoms with Crippen molar-refractivity contribution >= 4 is 16.7 Å². The van der Waals surface area contributed by atoms with Gasteiger partial charge in [0.2, 0.25) is 0 Å². The molecule has 0 unspecified atom stereocenters. The Kier molecular flexibility index (Phi) is 1.71. The summed E-state index contributed by atoms with van der Waals surface area (Å²) in [6.07, 6.45) is 6.96. The number of rotatable bonds is 2. The number of aromatic nitrogens is 3. The van der Waals surface area contributed by atoms with Gasteiger partial charge in [-0.3, -0.25) is 4.98 Å². The number of imidazole rings is 1. The van der Waals surface area contributed by atoms with Crippen LogP contribution in [-0.2, 0) is 6.42 Å². The summed E-state index contributed by atoms with van der Waals surface area (Å²) in [6.45, 7) is 2.13. The van der Waals surface area contributed by atoms with Crippen LogP contribution in [0.4, 0.5) is 5.69 Å². The van der Waals surface area contributed by atoms with Gasteiger partial charge in [-0.1, -0.05) is 6.92 Å². The van der Waals surface area contributed by atoms with Gasteiger partial charge < -0.3 is 10.3 Å². The van der Waals surface area contributed by atoms with Crippen LogP contribution < -0.4 is 5.73 Å². The summed E-state index contributed by atoms with van der Waals surface area (Å²) in [5.74, 6) is 1.13. The van der Waals surface area contributed by atoms with Crippen molar-refractivity contribution in [3.05, 3.63) is 18.2 Å². The van der Waals surface area contributed by atoms with Gasteiger partial charge in [-0.05, 0) is 12.8 Å². The summed E-state index contributed by atoms with van der Waals surface area (Å²) in [4.78, 5) is 8.65. The Morgan fingerprint density at radius 2 is 2.27 bits per heavy atom. The second-order valence-electron chi connectivity index (χ2n) is 4.08. The minimum Gasteiger partial charge on any atom is -0.396 e. The molecule has 0 atom stereocenters. The molecule has 4 heteroatoms. The largest absolute Gasteiger partial charge is 0.396 e. The van der Waals surface area contributed by atoms with Crippen molar-refractivity contribution in [2.24, 2.45) is 0 Å². The van der Waals surface area contributed by atoms with E-state index in [0.29, 0.717) is 6.04 Å². The zero-order chi connectivity index (χ0) is 10.4. The van der Waals surface area contributed by atoms with Crippen molar-refractivity contribution in [1.29, 1.82) is 0 Å². The van der Waals surface area contributed by atoms with E-state index in [1.54, 1.807) is 12.4 Å². The standard InChI is InChI=1S/C11H14N4/c1-2-10-14-9-6-13-5-8(12)11(9)15(10)7-3-4-7/h5-7H,2-4,12H2,1H3. The first kappa shape index (κ1) is 8.71. The Labute approximate surface area is 88.1 Å². The molecule has 0 aliphatic heterocycles. The number of pyridine rings is 1. The van der Waals surface area contributed by atoms with E-state index in [-0.39, 0.29) is 0 Å². The second-order valence-corrected chi connectivity index (χ2v) is 4.08. The first-order chi connectivity index (χ1) is 7.31. The number of aryl methyl sites for hydroxylation is 1. The molecule has 78 valence electrons. The van der Waals surface area contributed by atoms with Crippen LogP contribution in [0.25, 0.3) is 11.0 Å². The Balaban J connectivity index is 2.35. The fourth-order valence-electron chi connectivity index (χ4n) is 2.10. The van der Waals surface area contributed by atoms with Gasteiger partial charge in [0.15, 0.2) is 0 Å². The van der Waals surface area contributed by atoms with Crippen LogP contribution in [0, 0.1) is 0 Å². The number of fused-ring (bicyclic) bond motifs is 1. The normalized spacial score (nSPS) is 16.1. The van der Waals surface area contributed by atoms with Crippen molar-refractivity contribution in [1.82, 2.24) is 14.5 Å². The third-order valence-electron chi connectivity index (χ3n) is 2.92. The highest BCUT2D eigenvalue weighted by Gasteiger charge is 2.28. The van der Waals surface area contributed by atoms with Gasteiger partial charge in [-0.2, -0.15) is 0 Å². The molecule has 0 aromatic carbocycles. The molecule has 0 spiro atoms. The summed E-state index contributed by atoms with van der Waals surface area (Å²) in [7, 11) is 0. The minimum atomic E-state index is 0.620. The average Bonchev–Trinajstić information content (AvgIpc) is 2.99. The highest BCUT2D eigenvalue weighted by atomic mass is 15.1. The van der Waals surface area contributed by atoms with Crippen LogP contribution in [0.5, 0.6) is 0 Å². The van der Waals surface area contributed by atoms with Crippen LogP contribution in [0.3, 0.4) is 0 Å². The van der Waals surface area contributed by atoms with Gasteiger partial charge in [-0.25, -0.2) is 4.98 Å². The number of nitrogen functional groups attached to an aromatic ring is 1. The molecule has 0 saturated heterocycles. The Morgan fingerprint density at radius 3 is 2.93 bits per heavy atom. The SMILES string of the molecule is CCc1nc2cncc(N)c2n1C1CC1. The Bertz CT molecular complexity index is 511. The summed E-state index contributed by atoms with van der Waals surface area (Å²) >= 11 is 0. The quantitative estimate of drug-likeness (QED) is 0.809. The van der Waals surface area contributed by atoms with Gasteiger partial charge in [0, 0.05) is 12.5 Å². The first-order valence-electron chi connectivity index (χ1n) is 5.41. The van der Waals surface area contributed by atoms with Gasteiger partial charge in [0.1, 0.15) is 11.3 Å². The average molecular weight is 202 g/mol. The van der Waals surface area contributed by atoms with E-state index in [4.69, 9.17) is 5.73 Å². The molecule has 4 nitrogen and oxygen atoms in total. The Hall–Kier alpha value is -1.58. The van der Waals surface area contributed by atoms with Crippen LogP contribution >= 0.6 is 0 Å². The van der Waals surface area contributed by atoms with Crippen LogP contribution in [0.15, 0.2) is 12.4 Å². The van der Waals surface area contributed by atoms with Crippen molar-refractivity contribution < 1.29 is 0 Å². The predicted molar refractivity (Wildman–Crippen MR) is 59.6 cm³/mol. The van der Waals surface area contributed by atoms with Gasteiger partial charge in [0.25, 0.3) is 0 Å². The monoisotopic (exact) mass is 202 g/mol. The molecule has 2 N–H and O–H groups in total. The number of nitrogens with zero attached hydrogens (tertiary/aromatic N) is 3. The molecule has 2 aromatic rings. The van der Waals surface area contributed by atoms with E-state index < -0.39 is 0 Å². The zero-order valence-corrected chi connectivity index (χ0v) is 8.77. The van der Waals surface area contributed by atoms with Crippen LogP contribution in [0.1, 0.15) is 31.6 Å². The third-order valence-corrected chi connectivity index (χ3v) is 2.92. The van der Waals surface area contributed by atoms with Crippen molar-refractivity contribution in [2.45, 2.75) is 32.2 Å². The molecule has 3 rings (SSSR count).